The number of anilines is 1. The van der Waals surface area contributed by atoms with Crippen molar-refractivity contribution >= 4 is 35.5 Å². The SMILES string of the molecule is Cl.O=C(NCc1ccsc1)[C@@H]1CCc2cnc(NCC(F)(F)c3cccc[n+]3[O-])c(=O)n21. The summed E-state index contributed by atoms with van der Waals surface area (Å²) in [4.78, 5) is 29.5. The van der Waals surface area contributed by atoms with Crippen molar-refractivity contribution < 1.29 is 18.3 Å². The van der Waals surface area contributed by atoms with Crippen LogP contribution in [-0.4, -0.2) is 22.0 Å². The molecule has 0 fully saturated rings. The first-order chi connectivity index (χ1) is 14.9. The van der Waals surface area contributed by atoms with Crippen LogP contribution in [0.1, 0.15) is 29.4 Å². The molecular weight excluding hydrogens is 464 g/mol. The Kier molecular flexibility index (Phi) is 7.09. The largest absolute Gasteiger partial charge is 0.618 e. The molecule has 0 aliphatic carbocycles. The lowest BCUT2D eigenvalue weighted by Gasteiger charge is -2.18. The number of hydrogen-bond donors (Lipinski definition) is 2. The fourth-order valence-corrected chi connectivity index (χ4v) is 4.18. The molecule has 170 valence electrons. The first-order valence-electron chi connectivity index (χ1n) is 9.56. The van der Waals surface area contributed by atoms with Gasteiger partial charge in [-0.3, -0.25) is 14.2 Å². The molecule has 12 heteroatoms. The minimum atomic E-state index is -3.53. The Labute approximate surface area is 191 Å². The van der Waals surface area contributed by atoms with Gasteiger partial charge in [0.15, 0.2) is 12.0 Å². The molecule has 0 unspecified atom stereocenters. The fraction of sp³-hybridized carbons (Fsp3) is 0.300. The molecule has 3 aromatic rings. The first kappa shape index (κ1) is 23.6. The van der Waals surface area contributed by atoms with Crippen molar-refractivity contribution in [3.05, 3.63) is 79.9 Å². The molecule has 0 spiro atoms. The Bertz CT molecular complexity index is 1160. The summed E-state index contributed by atoms with van der Waals surface area (Å²) in [7, 11) is 0. The molecule has 1 atom stereocenters. The quantitative estimate of drug-likeness (QED) is 0.397. The summed E-state index contributed by atoms with van der Waals surface area (Å²) >= 11 is 1.52. The molecule has 2 N–H and O–H groups in total. The van der Waals surface area contributed by atoms with E-state index in [1.165, 1.54) is 34.2 Å². The summed E-state index contributed by atoms with van der Waals surface area (Å²) < 4.78 is 30.3. The molecular formula is C20H20ClF2N5O3S. The highest BCUT2D eigenvalue weighted by Gasteiger charge is 2.40. The van der Waals surface area contributed by atoms with Crippen molar-refractivity contribution in [2.45, 2.75) is 31.4 Å². The zero-order valence-electron chi connectivity index (χ0n) is 16.7. The van der Waals surface area contributed by atoms with Crippen LogP contribution in [0.2, 0.25) is 0 Å². The van der Waals surface area contributed by atoms with Crippen LogP contribution < -0.4 is 20.9 Å². The van der Waals surface area contributed by atoms with Gasteiger partial charge in [0.25, 0.3) is 11.3 Å². The zero-order valence-corrected chi connectivity index (χ0v) is 18.3. The number of aryl methyl sites for hydroxylation is 1. The lowest BCUT2D eigenvalue weighted by Crippen LogP contribution is -2.42. The average molecular weight is 484 g/mol. The summed E-state index contributed by atoms with van der Waals surface area (Å²) in [5, 5.41) is 20.6. The van der Waals surface area contributed by atoms with E-state index in [0.717, 1.165) is 17.8 Å². The highest BCUT2D eigenvalue weighted by atomic mass is 35.5. The molecule has 1 amide bonds. The Morgan fingerprint density at radius 2 is 2.19 bits per heavy atom. The maximum atomic E-state index is 14.5. The molecule has 32 heavy (non-hydrogen) atoms. The van der Waals surface area contributed by atoms with E-state index in [9.17, 15) is 23.6 Å². The van der Waals surface area contributed by atoms with Crippen LogP contribution in [0.5, 0.6) is 0 Å². The van der Waals surface area contributed by atoms with Gasteiger partial charge in [-0.25, -0.2) is 4.98 Å². The maximum absolute atomic E-state index is 14.5. The van der Waals surface area contributed by atoms with Gasteiger partial charge in [0.2, 0.25) is 5.91 Å². The second-order valence-corrected chi connectivity index (χ2v) is 7.93. The number of halogens is 3. The van der Waals surface area contributed by atoms with Crippen LogP contribution in [0.3, 0.4) is 0 Å². The van der Waals surface area contributed by atoms with E-state index in [4.69, 9.17) is 0 Å². The molecule has 1 aliphatic heterocycles. The van der Waals surface area contributed by atoms with Crippen LogP contribution in [0.25, 0.3) is 0 Å². The van der Waals surface area contributed by atoms with Gasteiger partial charge < -0.3 is 15.8 Å². The number of hydrogen-bond acceptors (Lipinski definition) is 6. The van der Waals surface area contributed by atoms with E-state index in [0.29, 0.717) is 25.1 Å². The molecule has 1 aliphatic rings. The third kappa shape index (κ3) is 4.73. The first-order valence-corrected chi connectivity index (χ1v) is 10.5. The second kappa shape index (κ2) is 9.61. The number of carbonyl (C=O) groups excluding carboxylic acids is 1. The van der Waals surface area contributed by atoms with Gasteiger partial charge >= 0.3 is 5.92 Å². The molecule has 0 saturated heterocycles. The number of carbonyl (C=O) groups is 1. The van der Waals surface area contributed by atoms with Crippen molar-refractivity contribution in [3.63, 3.8) is 0 Å². The number of nitrogens with zero attached hydrogens (tertiary/aromatic N) is 3. The number of nitrogens with one attached hydrogen (secondary N) is 2. The number of alkyl halides is 2. The third-order valence-electron chi connectivity index (χ3n) is 5.09. The monoisotopic (exact) mass is 483 g/mol. The normalized spacial score (nSPS) is 15.0. The summed E-state index contributed by atoms with van der Waals surface area (Å²) in [5.74, 6) is -4.14. The molecule has 8 nitrogen and oxygen atoms in total. The summed E-state index contributed by atoms with van der Waals surface area (Å²) in [6.07, 6.45) is 3.29. The van der Waals surface area contributed by atoms with Crippen molar-refractivity contribution in [2.24, 2.45) is 0 Å². The number of fused-ring (bicyclic) bond motifs is 1. The van der Waals surface area contributed by atoms with E-state index in [2.05, 4.69) is 15.6 Å². The lowest BCUT2D eigenvalue weighted by molar-refractivity contribution is -0.624. The van der Waals surface area contributed by atoms with Crippen molar-refractivity contribution in [1.82, 2.24) is 14.9 Å². The van der Waals surface area contributed by atoms with Gasteiger partial charge in [0, 0.05) is 30.6 Å². The molecule has 0 bridgehead atoms. The van der Waals surface area contributed by atoms with Crippen LogP contribution in [0.15, 0.2) is 52.2 Å². The maximum Gasteiger partial charge on any atom is 0.347 e. The standard InChI is InChI=1S/C20H19F2N5O3S.ClH/c21-20(22,16-3-1-2-7-26(16)30)12-25-17-19(29)27-14(10-23-17)4-5-15(27)18(28)24-9-13-6-8-31-11-13;/h1-3,6-8,10-11,15H,4-5,9,12H2,(H,23,25)(H,24,28);1H/t15-;/m0./s1. The van der Waals surface area contributed by atoms with Crippen molar-refractivity contribution in [2.75, 3.05) is 11.9 Å². The predicted molar refractivity (Wildman–Crippen MR) is 117 cm³/mol. The summed E-state index contributed by atoms with van der Waals surface area (Å²) in [6.45, 7) is -0.645. The van der Waals surface area contributed by atoms with Gasteiger partial charge in [-0.15, -0.1) is 12.4 Å². The van der Waals surface area contributed by atoms with Crippen LogP contribution >= 0.6 is 23.7 Å². The fourth-order valence-electron chi connectivity index (χ4n) is 3.51. The van der Waals surface area contributed by atoms with Crippen LogP contribution in [-0.2, 0) is 23.7 Å². The summed E-state index contributed by atoms with van der Waals surface area (Å²) in [6, 6.07) is 4.86. The summed E-state index contributed by atoms with van der Waals surface area (Å²) in [5.41, 5.74) is 0.136. The topological polar surface area (TPSA) is 103 Å². The Hall–Kier alpha value is -3.05. The van der Waals surface area contributed by atoms with Crippen molar-refractivity contribution in [3.8, 4) is 0 Å². The van der Waals surface area contributed by atoms with Crippen LogP contribution in [0.4, 0.5) is 14.6 Å². The molecule has 0 saturated carbocycles. The van der Waals surface area contributed by atoms with Gasteiger partial charge in [0.05, 0.1) is 6.54 Å². The van der Waals surface area contributed by atoms with E-state index in [1.54, 1.807) is 0 Å². The average Bonchev–Trinajstić information content (AvgIpc) is 3.42. The highest BCUT2D eigenvalue weighted by molar-refractivity contribution is 7.07. The minimum Gasteiger partial charge on any atom is -0.618 e. The number of rotatable bonds is 7. The van der Waals surface area contributed by atoms with E-state index >= 15 is 0 Å². The smallest absolute Gasteiger partial charge is 0.347 e. The zero-order chi connectivity index (χ0) is 22.0. The Balaban J connectivity index is 0.00000289. The minimum absolute atomic E-state index is 0. The lowest BCUT2D eigenvalue weighted by atomic mass is 10.2. The highest BCUT2D eigenvalue weighted by Crippen LogP contribution is 2.26. The van der Waals surface area contributed by atoms with Gasteiger partial charge in [-0.05, 0) is 41.3 Å². The second-order valence-electron chi connectivity index (χ2n) is 7.15. The van der Waals surface area contributed by atoms with Crippen LogP contribution in [0, 0.1) is 5.21 Å². The number of thiophene rings is 1. The molecule has 0 aromatic carbocycles. The van der Waals surface area contributed by atoms with E-state index in [-0.39, 0.29) is 28.9 Å². The number of aromatic nitrogens is 3. The number of amides is 1. The Morgan fingerprint density at radius 3 is 2.91 bits per heavy atom. The van der Waals surface area contributed by atoms with E-state index in [1.807, 2.05) is 16.8 Å². The van der Waals surface area contributed by atoms with Gasteiger partial charge in [-0.2, -0.15) is 24.8 Å². The molecule has 4 rings (SSSR count). The molecule has 4 heterocycles. The molecule has 3 aromatic heterocycles. The molecule has 0 radical (unpaired) electrons. The van der Waals surface area contributed by atoms with E-state index < -0.39 is 29.8 Å². The predicted octanol–water partition coefficient (Wildman–Crippen LogP) is 2.37. The van der Waals surface area contributed by atoms with Crippen molar-refractivity contribution in [1.29, 1.82) is 0 Å². The van der Waals surface area contributed by atoms with Gasteiger partial charge in [-0.1, -0.05) is 0 Å². The number of pyridine rings is 1. The third-order valence-corrected chi connectivity index (χ3v) is 5.82. The van der Waals surface area contributed by atoms with Gasteiger partial charge in [0.1, 0.15) is 6.04 Å². The Morgan fingerprint density at radius 1 is 1.38 bits per heavy atom.